The molecule has 9 amide bonds. The van der Waals surface area contributed by atoms with E-state index >= 15 is 14.4 Å². The summed E-state index contributed by atoms with van der Waals surface area (Å²) in [6.07, 6.45) is -8.57. The highest BCUT2D eigenvalue weighted by molar-refractivity contribution is 14.1. The highest BCUT2D eigenvalue weighted by Crippen LogP contribution is 2.50. The molecule has 0 aromatic heterocycles. The number of benzene rings is 3. The Morgan fingerprint density at radius 3 is 0.540 bits per heavy atom. The minimum atomic E-state index is -1.74. The summed E-state index contributed by atoms with van der Waals surface area (Å²) in [5.74, 6) is -14.0. The highest BCUT2D eigenvalue weighted by Gasteiger charge is 2.63. The standard InChI is InChI=1S/C48H54I9N9O21/c49-28-22(40(79)58-1-13(73)7-67)31(52)37(32(53)23(28)41(80)59-2-14(74)8-68)64-46(85)19-20(47(86)65-38-33(54)24(42(81)60-3-15(75)9-69)29(50)25(34(38)55)43(82)61-4-16(76)10-70)21(19)48(87)66-39-35(56)26(44(83)62-5-17(77)11-71)30(51)27(36(39)57)45(84)63-6-18(78)12-72/h13-21,67-78H,1-12H2,(H,58,79)(H,59,80)(H,60,81)(H,61,82)(H,62,83)(H,63,84)(H,64,85)(H,65,86)(H,66,87). The van der Waals surface area contributed by atoms with Gasteiger partial charge in [-0.1, -0.05) is 0 Å². The van der Waals surface area contributed by atoms with Crippen molar-refractivity contribution in [2.75, 3.05) is 94.9 Å². The average Bonchev–Trinajstić information content (AvgIpc) is 1.69. The molecule has 1 saturated carbocycles. The van der Waals surface area contributed by atoms with Crippen LogP contribution in [0.1, 0.15) is 62.1 Å². The van der Waals surface area contributed by atoms with E-state index in [4.69, 9.17) is 0 Å². The number of aliphatic hydroxyl groups is 12. The summed E-state index contributed by atoms with van der Waals surface area (Å²) in [5, 5.41) is 140. The Morgan fingerprint density at radius 1 is 0.276 bits per heavy atom. The molecule has 39 heteroatoms. The lowest BCUT2D eigenvalue weighted by molar-refractivity contribution is -0.122. The van der Waals surface area contributed by atoms with E-state index in [0.717, 1.165) is 0 Å². The minimum absolute atomic E-state index is 0.0127. The molecule has 480 valence electrons. The largest absolute Gasteiger partial charge is 0.394 e. The van der Waals surface area contributed by atoms with Crippen molar-refractivity contribution in [3.05, 3.63) is 65.5 Å². The summed E-state index contributed by atoms with van der Waals surface area (Å²) in [6.45, 7) is -7.42. The second-order valence-electron chi connectivity index (χ2n) is 18.5. The summed E-state index contributed by atoms with van der Waals surface area (Å²) in [4.78, 5) is 129. The van der Waals surface area contributed by atoms with Crippen LogP contribution in [0, 0.1) is 49.9 Å². The molecule has 87 heavy (non-hydrogen) atoms. The Kier molecular flexibility index (Phi) is 33.0. The van der Waals surface area contributed by atoms with Gasteiger partial charge in [0.2, 0.25) is 17.7 Å². The molecule has 3 aromatic rings. The van der Waals surface area contributed by atoms with Gasteiger partial charge in [-0.05, 0) is 203 Å². The van der Waals surface area contributed by atoms with Gasteiger partial charge in [-0.25, -0.2) is 0 Å². The Labute approximate surface area is 616 Å². The Balaban J connectivity index is 2.03. The number of anilines is 3. The van der Waals surface area contributed by atoms with Crippen LogP contribution in [-0.2, 0) is 14.4 Å². The maximum atomic E-state index is 15.1. The predicted molar refractivity (Wildman–Crippen MR) is 383 cm³/mol. The number of halogens is 9. The number of hydrogen-bond donors (Lipinski definition) is 21. The second kappa shape index (κ2) is 36.6. The van der Waals surface area contributed by atoms with E-state index in [-0.39, 0.29) is 82.6 Å². The van der Waals surface area contributed by atoms with Gasteiger partial charge >= 0.3 is 0 Å². The summed E-state index contributed by atoms with van der Waals surface area (Å²) >= 11 is 15.2. The lowest BCUT2D eigenvalue weighted by atomic mass is 10.1. The fourth-order valence-corrected chi connectivity index (χ4v) is 20.9. The molecule has 6 atom stereocenters. The van der Waals surface area contributed by atoms with Crippen molar-refractivity contribution in [2.24, 2.45) is 17.8 Å². The number of carbonyl (C=O) groups excluding carboxylic acids is 9. The van der Waals surface area contributed by atoms with E-state index in [9.17, 15) is 90.0 Å². The number of rotatable bonds is 30. The zero-order chi connectivity index (χ0) is 65.6. The van der Waals surface area contributed by atoms with Crippen molar-refractivity contribution in [2.45, 2.75) is 36.6 Å². The summed E-state index contributed by atoms with van der Waals surface area (Å²) < 4.78 is -0.229. The molecule has 1 aliphatic carbocycles. The second-order valence-corrected chi connectivity index (χ2v) is 28.2. The summed E-state index contributed by atoms with van der Waals surface area (Å²) in [6, 6.07) is 0. The van der Waals surface area contributed by atoms with Crippen LogP contribution in [0.25, 0.3) is 0 Å². The first-order valence-corrected chi connectivity index (χ1v) is 34.6. The van der Waals surface area contributed by atoms with Crippen LogP contribution in [0.4, 0.5) is 17.1 Å². The van der Waals surface area contributed by atoms with E-state index in [0.29, 0.717) is 0 Å². The van der Waals surface area contributed by atoms with Crippen LogP contribution in [0.3, 0.4) is 0 Å². The molecular weight excluding hydrogens is 2180 g/mol. The van der Waals surface area contributed by atoms with Crippen molar-refractivity contribution in [1.29, 1.82) is 0 Å². The third kappa shape index (κ3) is 20.0. The Bertz CT molecular complexity index is 2670. The van der Waals surface area contributed by atoms with Gasteiger partial charge in [-0.3, -0.25) is 43.2 Å². The first-order valence-electron chi connectivity index (χ1n) is 24.9. The van der Waals surface area contributed by atoms with Crippen LogP contribution >= 0.6 is 203 Å². The molecule has 1 aliphatic rings. The average molecular weight is 2240 g/mol. The van der Waals surface area contributed by atoms with Crippen molar-refractivity contribution in [1.82, 2.24) is 31.9 Å². The molecular formula is C48H54I9N9O21. The van der Waals surface area contributed by atoms with Gasteiger partial charge in [0.25, 0.3) is 35.4 Å². The van der Waals surface area contributed by atoms with Gasteiger partial charge in [0.1, 0.15) is 0 Å². The molecule has 3 aromatic carbocycles. The monoisotopic (exact) mass is 2230 g/mol. The maximum Gasteiger partial charge on any atom is 0.253 e. The van der Waals surface area contributed by atoms with Crippen molar-refractivity contribution in [3.63, 3.8) is 0 Å². The molecule has 4 rings (SSSR count). The number of nitrogens with one attached hydrogen (secondary N) is 9. The fourth-order valence-electron chi connectivity index (χ4n) is 7.61. The van der Waals surface area contributed by atoms with E-state index in [1.807, 2.05) is 0 Å². The molecule has 6 unspecified atom stereocenters. The van der Waals surface area contributed by atoms with E-state index in [1.54, 1.807) is 203 Å². The lowest BCUT2D eigenvalue weighted by Gasteiger charge is -2.21. The maximum absolute atomic E-state index is 15.1. The number of amides is 9. The molecule has 0 radical (unpaired) electrons. The van der Waals surface area contributed by atoms with Gasteiger partial charge in [0.05, 0.1) is 166 Å². The van der Waals surface area contributed by atoms with Gasteiger partial charge in [0.15, 0.2) is 0 Å². The van der Waals surface area contributed by atoms with Gasteiger partial charge in [-0.15, -0.1) is 0 Å². The molecule has 30 nitrogen and oxygen atoms in total. The third-order valence-corrected chi connectivity index (χ3v) is 21.9. The number of carbonyl (C=O) groups is 9. The first kappa shape index (κ1) is 78.4. The fraction of sp³-hybridized carbons (Fsp3) is 0.438. The van der Waals surface area contributed by atoms with Crippen LogP contribution in [0.2, 0.25) is 0 Å². The van der Waals surface area contributed by atoms with Crippen LogP contribution < -0.4 is 47.9 Å². The summed E-state index contributed by atoms with van der Waals surface area (Å²) in [7, 11) is 0. The van der Waals surface area contributed by atoms with Gasteiger partial charge < -0.3 is 109 Å². The Hall–Kier alpha value is -1.02. The smallest absolute Gasteiger partial charge is 0.253 e. The van der Waals surface area contributed by atoms with E-state index in [2.05, 4.69) is 47.9 Å². The molecule has 0 bridgehead atoms. The lowest BCUT2D eigenvalue weighted by Crippen LogP contribution is -2.37. The van der Waals surface area contributed by atoms with Crippen molar-refractivity contribution in [3.8, 4) is 0 Å². The molecule has 0 aliphatic heterocycles. The Morgan fingerprint density at radius 2 is 0.414 bits per heavy atom. The molecule has 21 N–H and O–H groups in total. The molecule has 1 fully saturated rings. The zero-order valence-corrected chi connectivity index (χ0v) is 63.5. The zero-order valence-electron chi connectivity index (χ0n) is 44.1. The molecule has 0 spiro atoms. The molecule has 0 heterocycles. The van der Waals surface area contributed by atoms with E-state index < -0.39 is 186 Å². The van der Waals surface area contributed by atoms with Crippen molar-refractivity contribution >= 4 is 274 Å². The number of aliphatic hydroxyl groups excluding tert-OH is 12. The normalized spacial score (nSPS) is 16.4. The van der Waals surface area contributed by atoms with Crippen LogP contribution in [-0.4, -0.2) is 230 Å². The van der Waals surface area contributed by atoms with Crippen molar-refractivity contribution < 1.29 is 104 Å². The van der Waals surface area contributed by atoms with E-state index in [1.165, 1.54) is 0 Å². The van der Waals surface area contributed by atoms with Crippen LogP contribution in [0.15, 0.2) is 0 Å². The summed E-state index contributed by atoms with van der Waals surface area (Å²) in [5.41, 5.74) is -2.18. The third-order valence-electron chi connectivity index (χ3n) is 12.2. The molecule has 0 saturated heterocycles. The number of hydrogen-bond acceptors (Lipinski definition) is 21. The topological polar surface area (TPSA) is 505 Å². The quantitative estimate of drug-likeness (QED) is 0.0312. The predicted octanol–water partition coefficient (Wildman–Crippen LogP) is -2.30. The SMILES string of the molecule is O=C(NCC(O)CO)c1c(I)c(NC(=O)C2C(C(=O)Nc3c(I)c(C(=O)NCC(O)CO)c(I)c(C(=O)NCC(O)CO)c3I)C2C(=O)Nc2c(I)c(C(=O)NCC(O)CO)c(I)c(C(=O)NCC(O)CO)c2I)c(I)c(C(=O)NCC(O)CO)c1I. The van der Waals surface area contributed by atoms with Gasteiger partial charge in [-0.2, -0.15) is 0 Å². The highest BCUT2D eigenvalue weighted by atomic mass is 127. The first-order chi connectivity index (χ1) is 40.9. The van der Waals surface area contributed by atoms with Gasteiger partial charge in [0, 0.05) is 50.0 Å². The minimum Gasteiger partial charge on any atom is -0.394 e. The van der Waals surface area contributed by atoms with Crippen LogP contribution in [0.5, 0.6) is 0 Å².